The van der Waals surface area contributed by atoms with E-state index >= 15 is 0 Å². The molecule has 3 rings (SSSR count). The van der Waals surface area contributed by atoms with E-state index in [1.807, 2.05) is 24.3 Å². The first kappa shape index (κ1) is 17.7. The largest absolute Gasteiger partial charge is 0.371 e. The first-order valence-electron chi connectivity index (χ1n) is 8.15. The molecule has 1 aliphatic heterocycles. The van der Waals surface area contributed by atoms with Gasteiger partial charge in [0.05, 0.1) is 21.9 Å². The van der Waals surface area contributed by atoms with Gasteiger partial charge in [-0.25, -0.2) is 0 Å². The van der Waals surface area contributed by atoms with Gasteiger partial charge in [-0.15, -0.1) is 0 Å². The van der Waals surface area contributed by atoms with E-state index in [4.69, 9.17) is 0 Å². The van der Waals surface area contributed by atoms with Crippen molar-refractivity contribution in [3.05, 3.63) is 61.7 Å². The van der Waals surface area contributed by atoms with Crippen LogP contribution in [0.25, 0.3) is 0 Å². The summed E-state index contributed by atoms with van der Waals surface area (Å²) in [6, 6.07) is 12.0. The molecule has 1 fully saturated rings. The number of non-ortho nitro benzene ring substituents is 1. The molecule has 0 atom stereocenters. The summed E-state index contributed by atoms with van der Waals surface area (Å²) in [6.45, 7) is 1.72. The number of hydrogen-bond donors (Lipinski definition) is 1. The Morgan fingerprint density at radius 1 is 1.12 bits per heavy atom. The van der Waals surface area contributed by atoms with Crippen molar-refractivity contribution in [2.45, 2.75) is 19.3 Å². The molecule has 1 aliphatic rings. The monoisotopic (exact) mass is 451 g/mol. The fourth-order valence-corrected chi connectivity index (χ4v) is 3.50. The van der Waals surface area contributed by atoms with Crippen molar-refractivity contribution in [1.82, 2.24) is 0 Å². The van der Waals surface area contributed by atoms with Gasteiger partial charge in [0.1, 0.15) is 0 Å². The molecule has 1 saturated heterocycles. The van der Waals surface area contributed by atoms with Gasteiger partial charge >= 0.3 is 0 Å². The minimum atomic E-state index is -0.469. The van der Waals surface area contributed by atoms with Gasteiger partial charge in [-0.05, 0) is 60.1 Å². The Labute approximate surface area is 159 Å². The predicted molar refractivity (Wildman–Crippen MR) is 106 cm³/mol. The van der Waals surface area contributed by atoms with Gasteiger partial charge in [-0.2, -0.15) is 0 Å². The maximum atomic E-state index is 12.8. The van der Waals surface area contributed by atoms with Gasteiger partial charge < -0.3 is 10.2 Å². The highest BCUT2D eigenvalue weighted by Crippen LogP contribution is 2.29. The Balaban J connectivity index is 1.96. The van der Waals surface area contributed by atoms with Crippen molar-refractivity contribution >= 4 is 45.6 Å². The minimum absolute atomic E-state index is 0.0753. The van der Waals surface area contributed by atoms with Crippen molar-refractivity contribution in [3.8, 4) is 0 Å². The lowest BCUT2D eigenvalue weighted by atomic mass is 10.1. The molecule has 2 aromatic carbocycles. The fraction of sp³-hybridized carbons (Fsp3) is 0.278. The van der Waals surface area contributed by atoms with Crippen molar-refractivity contribution in [1.29, 1.82) is 0 Å². The second kappa shape index (κ2) is 7.81. The van der Waals surface area contributed by atoms with Crippen molar-refractivity contribution < 1.29 is 9.72 Å². The van der Waals surface area contributed by atoms with E-state index in [1.165, 1.54) is 18.6 Å². The van der Waals surface area contributed by atoms with E-state index in [1.54, 1.807) is 6.07 Å². The van der Waals surface area contributed by atoms with E-state index < -0.39 is 4.92 Å². The van der Waals surface area contributed by atoms with Crippen LogP contribution >= 0.6 is 22.6 Å². The smallest absolute Gasteiger partial charge is 0.270 e. The Bertz CT molecular complexity index is 804. The molecule has 2 aromatic rings. The van der Waals surface area contributed by atoms with Crippen LogP contribution in [0.2, 0.25) is 0 Å². The Hall–Kier alpha value is -2.16. The highest BCUT2D eigenvalue weighted by Gasteiger charge is 2.22. The first-order valence-corrected chi connectivity index (χ1v) is 9.23. The number of nitro benzene ring substituents is 1. The molecule has 1 N–H and O–H groups in total. The molecule has 0 unspecified atom stereocenters. The number of carbonyl (C=O) groups is 1. The van der Waals surface area contributed by atoms with Crippen LogP contribution in [-0.2, 0) is 0 Å². The zero-order valence-corrected chi connectivity index (χ0v) is 15.7. The van der Waals surface area contributed by atoms with Crippen LogP contribution in [0.1, 0.15) is 29.6 Å². The third-order valence-corrected chi connectivity index (χ3v) is 5.20. The van der Waals surface area contributed by atoms with E-state index in [0.717, 1.165) is 35.2 Å². The Morgan fingerprint density at radius 2 is 1.84 bits per heavy atom. The standard InChI is InChI=1S/C18H18IN3O3/c19-15-6-2-3-7-16(15)20-18(23)14-12-13(22(24)25)8-9-17(14)21-10-4-1-5-11-21/h2-3,6-9,12H,1,4-5,10-11H2,(H,20,23). The van der Waals surface area contributed by atoms with E-state index in [0.29, 0.717) is 11.3 Å². The van der Waals surface area contributed by atoms with Gasteiger partial charge in [0.2, 0.25) is 0 Å². The third kappa shape index (κ3) is 4.09. The van der Waals surface area contributed by atoms with Crippen LogP contribution in [0.4, 0.5) is 17.1 Å². The number of nitro groups is 1. The molecule has 6 nitrogen and oxygen atoms in total. The van der Waals surface area contributed by atoms with E-state index in [9.17, 15) is 14.9 Å². The highest BCUT2D eigenvalue weighted by molar-refractivity contribution is 14.1. The molecular weight excluding hydrogens is 433 g/mol. The van der Waals surface area contributed by atoms with E-state index in [2.05, 4.69) is 32.8 Å². The van der Waals surface area contributed by atoms with Crippen LogP contribution in [0.5, 0.6) is 0 Å². The average molecular weight is 451 g/mol. The van der Waals surface area contributed by atoms with Gasteiger partial charge in [0, 0.05) is 28.8 Å². The maximum absolute atomic E-state index is 12.8. The summed E-state index contributed by atoms with van der Waals surface area (Å²) in [7, 11) is 0. The fourth-order valence-electron chi connectivity index (χ4n) is 2.98. The number of amides is 1. The topological polar surface area (TPSA) is 75.5 Å². The molecular formula is C18H18IN3O3. The molecule has 0 aromatic heterocycles. The third-order valence-electron chi connectivity index (χ3n) is 4.25. The molecule has 0 radical (unpaired) electrons. The van der Waals surface area contributed by atoms with Gasteiger partial charge in [0.25, 0.3) is 11.6 Å². The number of piperidine rings is 1. The second-order valence-electron chi connectivity index (χ2n) is 5.94. The predicted octanol–water partition coefficient (Wildman–Crippen LogP) is 4.44. The molecule has 0 spiro atoms. The van der Waals surface area contributed by atoms with Gasteiger partial charge in [0.15, 0.2) is 0 Å². The van der Waals surface area contributed by atoms with Gasteiger partial charge in [-0.1, -0.05) is 12.1 Å². The number of rotatable bonds is 4. The summed E-state index contributed by atoms with van der Waals surface area (Å²) >= 11 is 2.15. The molecule has 7 heteroatoms. The van der Waals surface area contributed by atoms with Gasteiger partial charge in [-0.3, -0.25) is 14.9 Å². The number of benzene rings is 2. The molecule has 1 heterocycles. The number of nitrogens with one attached hydrogen (secondary N) is 1. The highest BCUT2D eigenvalue weighted by atomic mass is 127. The maximum Gasteiger partial charge on any atom is 0.270 e. The number of nitrogens with zero attached hydrogens (tertiary/aromatic N) is 2. The van der Waals surface area contributed by atoms with Crippen molar-refractivity contribution in [2.24, 2.45) is 0 Å². The average Bonchev–Trinajstić information content (AvgIpc) is 2.63. The summed E-state index contributed by atoms with van der Waals surface area (Å²) < 4.78 is 0.915. The first-order chi connectivity index (χ1) is 12.1. The van der Waals surface area contributed by atoms with Crippen LogP contribution in [0.15, 0.2) is 42.5 Å². The minimum Gasteiger partial charge on any atom is -0.371 e. The summed E-state index contributed by atoms with van der Waals surface area (Å²) in [5.41, 5.74) is 1.72. The second-order valence-corrected chi connectivity index (χ2v) is 7.10. The van der Waals surface area contributed by atoms with E-state index in [-0.39, 0.29) is 11.6 Å². The molecule has 1 amide bonds. The quantitative estimate of drug-likeness (QED) is 0.424. The zero-order chi connectivity index (χ0) is 17.8. The number of para-hydroxylation sites is 1. The van der Waals surface area contributed by atoms with Crippen LogP contribution in [-0.4, -0.2) is 23.9 Å². The van der Waals surface area contributed by atoms with Crippen LogP contribution in [0, 0.1) is 13.7 Å². The Morgan fingerprint density at radius 3 is 2.52 bits per heavy atom. The Kier molecular flexibility index (Phi) is 5.52. The summed E-state index contributed by atoms with van der Waals surface area (Å²) in [4.78, 5) is 25.6. The lowest BCUT2D eigenvalue weighted by molar-refractivity contribution is -0.384. The molecule has 25 heavy (non-hydrogen) atoms. The number of anilines is 2. The molecule has 130 valence electrons. The molecule has 0 bridgehead atoms. The summed E-state index contributed by atoms with van der Waals surface area (Å²) in [5.74, 6) is -0.326. The molecule has 0 saturated carbocycles. The number of halogens is 1. The van der Waals surface area contributed by atoms with Crippen LogP contribution in [0.3, 0.4) is 0 Å². The normalized spacial score (nSPS) is 14.2. The van der Waals surface area contributed by atoms with Crippen molar-refractivity contribution in [3.63, 3.8) is 0 Å². The number of hydrogen-bond acceptors (Lipinski definition) is 4. The lowest BCUT2D eigenvalue weighted by Gasteiger charge is -2.30. The zero-order valence-electron chi connectivity index (χ0n) is 13.6. The number of carbonyl (C=O) groups excluding carboxylic acids is 1. The SMILES string of the molecule is O=C(Nc1ccccc1I)c1cc([N+](=O)[O-])ccc1N1CCCCC1. The molecule has 0 aliphatic carbocycles. The summed E-state index contributed by atoms with van der Waals surface area (Å²) in [5, 5.41) is 14.0. The van der Waals surface area contributed by atoms with Crippen molar-refractivity contribution in [2.75, 3.05) is 23.3 Å². The van der Waals surface area contributed by atoms with Crippen LogP contribution < -0.4 is 10.2 Å². The summed E-state index contributed by atoms with van der Waals surface area (Å²) in [6.07, 6.45) is 3.30. The lowest BCUT2D eigenvalue weighted by Crippen LogP contribution is -2.31.